The maximum Gasteiger partial charge on any atom is 0.266 e. The number of carbonyl (C=O) groups is 1. The summed E-state index contributed by atoms with van der Waals surface area (Å²) in [6.45, 7) is 6.03. The lowest BCUT2D eigenvalue weighted by atomic mass is 10.3. The SMILES string of the molecule is COc1ccc(OC(C)C(=O)NCCn2nc(-c3sc(C)nc3C)ccc2=O)cc1. The van der Waals surface area contributed by atoms with E-state index >= 15 is 0 Å². The minimum Gasteiger partial charge on any atom is -0.497 e. The van der Waals surface area contributed by atoms with E-state index in [0.717, 1.165) is 15.6 Å². The standard InChI is InChI=1S/C21H24N4O4S/c1-13-20(30-15(3)23-13)18-9-10-19(26)25(24-18)12-11-22-21(27)14(2)29-17-7-5-16(28-4)6-8-17/h5-10,14H,11-12H2,1-4H3,(H,22,27). The fraction of sp³-hybridized carbons (Fsp3) is 0.333. The fourth-order valence-electron chi connectivity index (χ4n) is 2.84. The monoisotopic (exact) mass is 428 g/mol. The molecule has 0 aliphatic carbocycles. The number of methoxy groups -OCH3 is 1. The summed E-state index contributed by atoms with van der Waals surface area (Å²) in [5, 5.41) is 8.14. The summed E-state index contributed by atoms with van der Waals surface area (Å²) in [5.74, 6) is 1.01. The fourth-order valence-corrected chi connectivity index (χ4v) is 3.72. The van der Waals surface area contributed by atoms with Crippen LogP contribution in [0.25, 0.3) is 10.6 Å². The van der Waals surface area contributed by atoms with E-state index in [4.69, 9.17) is 9.47 Å². The average Bonchev–Trinajstić information content (AvgIpc) is 3.07. The lowest BCUT2D eigenvalue weighted by molar-refractivity contribution is -0.127. The van der Waals surface area contributed by atoms with Crippen molar-refractivity contribution in [3.63, 3.8) is 0 Å². The molecule has 1 unspecified atom stereocenters. The van der Waals surface area contributed by atoms with Crippen molar-refractivity contribution in [2.24, 2.45) is 0 Å². The van der Waals surface area contributed by atoms with Gasteiger partial charge in [-0.1, -0.05) is 0 Å². The molecule has 0 fully saturated rings. The van der Waals surface area contributed by atoms with E-state index in [1.165, 1.54) is 22.1 Å². The van der Waals surface area contributed by atoms with Crippen molar-refractivity contribution in [1.82, 2.24) is 20.1 Å². The van der Waals surface area contributed by atoms with Gasteiger partial charge in [-0.05, 0) is 51.1 Å². The van der Waals surface area contributed by atoms with Crippen molar-refractivity contribution in [3.05, 3.63) is 57.5 Å². The normalized spacial score (nSPS) is 11.7. The van der Waals surface area contributed by atoms with Crippen LogP contribution in [0.5, 0.6) is 11.5 Å². The van der Waals surface area contributed by atoms with E-state index in [2.05, 4.69) is 15.4 Å². The van der Waals surface area contributed by atoms with Crippen LogP contribution in [-0.4, -0.2) is 40.4 Å². The zero-order valence-electron chi connectivity index (χ0n) is 17.3. The number of thiazole rings is 1. The van der Waals surface area contributed by atoms with Gasteiger partial charge in [0.1, 0.15) is 17.2 Å². The van der Waals surface area contributed by atoms with E-state index in [1.807, 2.05) is 13.8 Å². The van der Waals surface area contributed by atoms with Gasteiger partial charge in [-0.15, -0.1) is 11.3 Å². The molecule has 0 aliphatic rings. The Kier molecular flexibility index (Phi) is 6.83. The largest absolute Gasteiger partial charge is 0.497 e. The minimum atomic E-state index is -0.683. The first-order valence-corrected chi connectivity index (χ1v) is 10.3. The molecular formula is C21H24N4O4S. The zero-order valence-corrected chi connectivity index (χ0v) is 18.2. The van der Waals surface area contributed by atoms with E-state index in [-0.39, 0.29) is 24.6 Å². The number of nitrogens with zero attached hydrogens (tertiary/aromatic N) is 3. The van der Waals surface area contributed by atoms with Gasteiger partial charge in [0, 0.05) is 12.6 Å². The molecule has 1 amide bonds. The Balaban J connectivity index is 1.57. The number of rotatable bonds is 8. The summed E-state index contributed by atoms with van der Waals surface area (Å²) in [5.41, 5.74) is 1.35. The highest BCUT2D eigenvalue weighted by Crippen LogP contribution is 2.27. The maximum absolute atomic E-state index is 12.3. The summed E-state index contributed by atoms with van der Waals surface area (Å²) >= 11 is 1.53. The lowest BCUT2D eigenvalue weighted by Crippen LogP contribution is -2.39. The smallest absolute Gasteiger partial charge is 0.266 e. The topological polar surface area (TPSA) is 95.3 Å². The second-order valence-electron chi connectivity index (χ2n) is 6.65. The van der Waals surface area contributed by atoms with Gasteiger partial charge in [0.05, 0.1) is 29.2 Å². The highest BCUT2D eigenvalue weighted by Gasteiger charge is 2.15. The number of hydrogen-bond donors (Lipinski definition) is 1. The first-order valence-electron chi connectivity index (χ1n) is 9.48. The number of amides is 1. The molecule has 1 N–H and O–H groups in total. The van der Waals surface area contributed by atoms with Gasteiger partial charge < -0.3 is 14.8 Å². The Bertz CT molecular complexity index is 1080. The van der Waals surface area contributed by atoms with Gasteiger partial charge in [-0.2, -0.15) is 5.10 Å². The van der Waals surface area contributed by atoms with Crippen LogP contribution >= 0.6 is 11.3 Å². The number of benzene rings is 1. The second kappa shape index (κ2) is 9.53. The number of aryl methyl sites for hydroxylation is 2. The van der Waals surface area contributed by atoms with Crippen molar-refractivity contribution in [2.75, 3.05) is 13.7 Å². The van der Waals surface area contributed by atoms with Crippen LogP contribution < -0.4 is 20.3 Å². The van der Waals surface area contributed by atoms with Crippen molar-refractivity contribution in [3.8, 4) is 22.1 Å². The van der Waals surface area contributed by atoms with E-state index in [1.54, 1.807) is 44.4 Å². The highest BCUT2D eigenvalue weighted by atomic mass is 32.1. The minimum absolute atomic E-state index is 0.227. The molecule has 0 radical (unpaired) electrons. The van der Waals surface area contributed by atoms with Crippen molar-refractivity contribution in [1.29, 1.82) is 0 Å². The third-order valence-corrected chi connectivity index (χ3v) is 5.46. The number of nitrogens with one attached hydrogen (secondary N) is 1. The molecule has 9 heteroatoms. The summed E-state index contributed by atoms with van der Waals surface area (Å²) in [6.07, 6.45) is -0.683. The van der Waals surface area contributed by atoms with Crippen LogP contribution in [0.3, 0.4) is 0 Å². The predicted molar refractivity (Wildman–Crippen MR) is 115 cm³/mol. The highest BCUT2D eigenvalue weighted by molar-refractivity contribution is 7.15. The first-order chi connectivity index (χ1) is 14.4. The van der Waals surface area contributed by atoms with Gasteiger partial charge in [0.15, 0.2) is 6.10 Å². The Hall–Kier alpha value is -3.20. The molecule has 1 atom stereocenters. The molecule has 8 nitrogen and oxygen atoms in total. The quantitative estimate of drug-likeness (QED) is 0.593. The summed E-state index contributed by atoms with van der Waals surface area (Å²) in [6, 6.07) is 10.2. The maximum atomic E-state index is 12.3. The predicted octanol–water partition coefficient (Wildman–Crippen LogP) is 2.58. The molecule has 30 heavy (non-hydrogen) atoms. The van der Waals surface area contributed by atoms with Crippen molar-refractivity contribution < 1.29 is 14.3 Å². The molecule has 0 spiro atoms. The Morgan fingerprint density at radius 3 is 2.50 bits per heavy atom. The molecule has 0 saturated carbocycles. The van der Waals surface area contributed by atoms with Crippen LogP contribution in [0.15, 0.2) is 41.2 Å². The number of carbonyl (C=O) groups excluding carboxylic acids is 1. The summed E-state index contributed by atoms with van der Waals surface area (Å²) in [4.78, 5) is 29.8. The Morgan fingerprint density at radius 2 is 1.87 bits per heavy atom. The zero-order chi connectivity index (χ0) is 21.7. The number of aromatic nitrogens is 3. The molecule has 2 aromatic heterocycles. The molecule has 0 bridgehead atoms. The van der Waals surface area contributed by atoms with Crippen LogP contribution in [-0.2, 0) is 11.3 Å². The third-order valence-electron chi connectivity index (χ3n) is 4.37. The van der Waals surface area contributed by atoms with Crippen LogP contribution in [0, 0.1) is 13.8 Å². The van der Waals surface area contributed by atoms with Gasteiger partial charge in [-0.25, -0.2) is 9.67 Å². The van der Waals surface area contributed by atoms with Crippen molar-refractivity contribution in [2.45, 2.75) is 33.4 Å². The van der Waals surface area contributed by atoms with E-state index in [9.17, 15) is 9.59 Å². The Labute approximate surface area is 178 Å². The first kappa shape index (κ1) is 21.5. The van der Waals surface area contributed by atoms with Gasteiger partial charge in [-0.3, -0.25) is 9.59 Å². The molecule has 1 aromatic carbocycles. The second-order valence-corrected chi connectivity index (χ2v) is 7.86. The van der Waals surface area contributed by atoms with Crippen LogP contribution in [0.1, 0.15) is 17.6 Å². The molecule has 0 aliphatic heterocycles. The number of ether oxygens (including phenoxy) is 2. The third kappa shape index (κ3) is 5.24. The van der Waals surface area contributed by atoms with Gasteiger partial charge in [0.25, 0.3) is 11.5 Å². The molecule has 158 valence electrons. The molecule has 3 aromatic rings. The summed E-state index contributed by atoms with van der Waals surface area (Å²) in [7, 11) is 1.58. The van der Waals surface area contributed by atoms with E-state index < -0.39 is 6.10 Å². The molecule has 0 saturated heterocycles. The molecule has 2 heterocycles. The van der Waals surface area contributed by atoms with E-state index in [0.29, 0.717) is 17.2 Å². The number of hydrogen-bond acceptors (Lipinski definition) is 7. The van der Waals surface area contributed by atoms with Gasteiger partial charge >= 0.3 is 0 Å². The Morgan fingerprint density at radius 1 is 1.17 bits per heavy atom. The van der Waals surface area contributed by atoms with Gasteiger partial charge in [0.2, 0.25) is 0 Å². The summed E-state index contributed by atoms with van der Waals surface area (Å²) < 4.78 is 12.1. The molecular weight excluding hydrogens is 404 g/mol. The molecule has 3 rings (SSSR count). The van der Waals surface area contributed by atoms with Crippen molar-refractivity contribution >= 4 is 17.2 Å². The van der Waals surface area contributed by atoms with Crippen LogP contribution in [0.2, 0.25) is 0 Å². The van der Waals surface area contributed by atoms with Crippen LogP contribution in [0.4, 0.5) is 0 Å². The lowest BCUT2D eigenvalue weighted by Gasteiger charge is -2.15. The average molecular weight is 429 g/mol.